The van der Waals surface area contributed by atoms with E-state index in [0.29, 0.717) is 25.9 Å². The summed E-state index contributed by atoms with van der Waals surface area (Å²) in [5.74, 6) is -1.35. The highest BCUT2D eigenvalue weighted by Gasteiger charge is 2.31. The summed E-state index contributed by atoms with van der Waals surface area (Å²) in [6.45, 7) is 0.996. The molecule has 0 N–H and O–H groups in total. The average molecular weight is 390 g/mol. The van der Waals surface area contributed by atoms with Crippen LogP contribution in [0.2, 0.25) is 0 Å². The van der Waals surface area contributed by atoms with Crippen molar-refractivity contribution in [1.82, 2.24) is 19.2 Å². The van der Waals surface area contributed by atoms with Gasteiger partial charge in [-0.15, -0.1) is 0 Å². The normalized spacial score (nSPS) is 18.8. The number of hydrogen-bond acceptors (Lipinski definition) is 3. The van der Waals surface area contributed by atoms with Crippen molar-refractivity contribution in [2.45, 2.75) is 50.5 Å². The molecule has 4 rings (SSSR count). The summed E-state index contributed by atoms with van der Waals surface area (Å²) in [5.41, 5.74) is 0.0836. The van der Waals surface area contributed by atoms with E-state index >= 15 is 0 Å². The summed E-state index contributed by atoms with van der Waals surface area (Å²) in [6, 6.07) is 3.45. The van der Waals surface area contributed by atoms with Crippen LogP contribution in [0.25, 0.3) is 0 Å². The molecule has 6 nitrogen and oxygen atoms in total. The first-order valence-corrected chi connectivity index (χ1v) is 9.85. The van der Waals surface area contributed by atoms with Crippen LogP contribution in [0.3, 0.4) is 0 Å². The number of carbonyl (C=O) groups excluding carboxylic acids is 1. The summed E-state index contributed by atoms with van der Waals surface area (Å²) in [5, 5.41) is 4.50. The molecule has 1 aromatic carbocycles. The van der Waals surface area contributed by atoms with Crippen LogP contribution in [0.5, 0.6) is 0 Å². The third-order valence-electron chi connectivity index (χ3n) is 5.99. The van der Waals surface area contributed by atoms with Gasteiger partial charge in [-0.2, -0.15) is 5.10 Å². The third-order valence-corrected chi connectivity index (χ3v) is 5.99. The molecular weight excluding hydrogens is 366 g/mol. The molecule has 28 heavy (non-hydrogen) atoms. The lowest BCUT2D eigenvalue weighted by atomic mass is 9.95. The van der Waals surface area contributed by atoms with E-state index in [2.05, 4.69) is 5.10 Å². The van der Waals surface area contributed by atoms with Crippen molar-refractivity contribution < 1.29 is 13.6 Å². The van der Waals surface area contributed by atoms with Crippen LogP contribution in [-0.2, 0) is 7.05 Å². The smallest absolute Gasteiger partial charge is 0.339 e. The van der Waals surface area contributed by atoms with Crippen LogP contribution in [0.4, 0.5) is 8.78 Å². The molecule has 1 aliphatic heterocycles. The third kappa shape index (κ3) is 3.36. The number of aromatic nitrogens is 3. The molecule has 0 atom stereocenters. The van der Waals surface area contributed by atoms with Crippen molar-refractivity contribution in [2.24, 2.45) is 7.05 Å². The first-order chi connectivity index (χ1) is 13.5. The highest BCUT2D eigenvalue weighted by atomic mass is 19.2. The van der Waals surface area contributed by atoms with Crippen LogP contribution in [0, 0.1) is 11.6 Å². The predicted molar refractivity (Wildman–Crippen MR) is 99.2 cm³/mol. The largest absolute Gasteiger partial charge is 0.345 e. The van der Waals surface area contributed by atoms with Gasteiger partial charge in [0.15, 0.2) is 11.6 Å². The molecule has 0 radical (unpaired) electrons. The Hall–Kier alpha value is -2.51. The molecule has 2 fully saturated rings. The molecule has 1 aliphatic carbocycles. The van der Waals surface area contributed by atoms with Gasteiger partial charge in [-0.1, -0.05) is 12.8 Å². The first kappa shape index (κ1) is 18.8. The molecule has 150 valence electrons. The lowest BCUT2D eigenvalue weighted by molar-refractivity contribution is 0.0709. The summed E-state index contributed by atoms with van der Waals surface area (Å²) in [6.07, 6.45) is 5.66. The first-order valence-electron chi connectivity index (χ1n) is 9.85. The number of likely N-dealkylation sites (tertiary alicyclic amines) is 1. The number of amides is 1. The van der Waals surface area contributed by atoms with E-state index in [1.54, 1.807) is 11.9 Å². The van der Waals surface area contributed by atoms with Crippen molar-refractivity contribution in [3.05, 3.63) is 51.7 Å². The number of halogens is 2. The van der Waals surface area contributed by atoms with E-state index in [-0.39, 0.29) is 29.1 Å². The Balaban J connectivity index is 1.49. The highest BCUT2D eigenvalue weighted by Crippen LogP contribution is 2.33. The zero-order chi connectivity index (χ0) is 19.8. The van der Waals surface area contributed by atoms with E-state index in [0.717, 1.165) is 43.6 Å². The molecule has 0 spiro atoms. The number of rotatable bonds is 3. The van der Waals surface area contributed by atoms with Gasteiger partial charge in [0, 0.05) is 37.7 Å². The van der Waals surface area contributed by atoms with Crippen LogP contribution < -0.4 is 5.69 Å². The SMILES string of the molecule is Cn1nc(C2CCN(C(=O)c3ccc(F)c(F)c3)CC2)n(C2CCCC2)c1=O. The second-order valence-electron chi connectivity index (χ2n) is 7.77. The van der Waals surface area contributed by atoms with Crippen molar-refractivity contribution in [3.8, 4) is 0 Å². The van der Waals surface area contributed by atoms with Crippen molar-refractivity contribution in [3.63, 3.8) is 0 Å². The van der Waals surface area contributed by atoms with Gasteiger partial charge in [-0.05, 0) is 43.9 Å². The Labute approximate surface area is 161 Å². The van der Waals surface area contributed by atoms with Gasteiger partial charge in [0.2, 0.25) is 0 Å². The Morgan fingerprint density at radius 2 is 1.75 bits per heavy atom. The van der Waals surface area contributed by atoms with Crippen LogP contribution in [-0.4, -0.2) is 38.2 Å². The van der Waals surface area contributed by atoms with Gasteiger partial charge in [0.1, 0.15) is 5.82 Å². The highest BCUT2D eigenvalue weighted by molar-refractivity contribution is 5.94. The minimum absolute atomic E-state index is 0.0674. The fraction of sp³-hybridized carbons (Fsp3) is 0.550. The summed E-state index contributed by atoms with van der Waals surface area (Å²) < 4.78 is 29.8. The van der Waals surface area contributed by atoms with E-state index in [1.807, 2.05) is 4.57 Å². The molecule has 2 aliphatic rings. The second kappa shape index (κ2) is 7.48. The zero-order valence-corrected chi connectivity index (χ0v) is 15.9. The van der Waals surface area contributed by atoms with Gasteiger partial charge in [-0.3, -0.25) is 9.36 Å². The van der Waals surface area contributed by atoms with Crippen molar-refractivity contribution >= 4 is 5.91 Å². The Bertz CT molecular complexity index is 938. The molecule has 1 amide bonds. The van der Waals surface area contributed by atoms with Gasteiger partial charge < -0.3 is 4.90 Å². The molecule has 0 unspecified atom stereocenters. The quantitative estimate of drug-likeness (QED) is 0.810. The lowest BCUT2D eigenvalue weighted by Crippen LogP contribution is -2.39. The summed E-state index contributed by atoms with van der Waals surface area (Å²) in [4.78, 5) is 26.8. The number of aryl methyl sites for hydroxylation is 1. The van der Waals surface area contributed by atoms with Crippen LogP contribution in [0.15, 0.2) is 23.0 Å². The number of hydrogen-bond donors (Lipinski definition) is 0. The molecule has 1 saturated heterocycles. The Morgan fingerprint density at radius 3 is 2.39 bits per heavy atom. The summed E-state index contributed by atoms with van der Waals surface area (Å²) in [7, 11) is 1.68. The molecule has 8 heteroatoms. The number of piperidine rings is 1. The minimum atomic E-state index is -1.02. The van der Waals surface area contributed by atoms with Crippen molar-refractivity contribution in [1.29, 1.82) is 0 Å². The monoisotopic (exact) mass is 390 g/mol. The van der Waals surface area contributed by atoms with Crippen LogP contribution >= 0.6 is 0 Å². The maximum Gasteiger partial charge on any atom is 0.345 e. The molecular formula is C20H24F2N4O2. The molecule has 1 aromatic heterocycles. The van der Waals surface area contributed by atoms with Gasteiger partial charge in [0.05, 0.1) is 0 Å². The van der Waals surface area contributed by atoms with Gasteiger partial charge in [0.25, 0.3) is 5.91 Å². The maximum absolute atomic E-state index is 13.4. The Kier molecular flexibility index (Phi) is 5.03. The molecule has 2 aromatic rings. The van der Waals surface area contributed by atoms with E-state index < -0.39 is 11.6 Å². The number of carbonyl (C=O) groups is 1. The fourth-order valence-corrected chi connectivity index (χ4v) is 4.44. The average Bonchev–Trinajstić information content (AvgIpc) is 3.32. The van der Waals surface area contributed by atoms with Gasteiger partial charge in [-0.25, -0.2) is 18.3 Å². The predicted octanol–water partition coefficient (Wildman–Crippen LogP) is 2.99. The summed E-state index contributed by atoms with van der Waals surface area (Å²) >= 11 is 0. The molecule has 2 heterocycles. The molecule has 0 bridgehead atoms. The van der Waals surface area contributed by atoms with Crippen LogP contribution in [0.1, 0.15) is 66.7 Å². The second-order valence-corrected chi connectivity index (χ2v) is 7.77. The van der Waals surface area contributed by atoms with E-state index in [9.17, 15) is 18.4 Å². The maximum atomic E-state index is 13.4. The van der Waals surface area contributed by atoms with E-state index in [4.69, 9.17) is 0 Å². The lowest BCUT2D eigenvalue weighted by Gasteiger charge is -2.32. The fourth-order valence-electron chi connectivity index (χ4n) is 4.44. The Morgan fingerprint density at radius 1 is 1.07 bits per heavy atom. The number of nitrogens with zero attached hydrogens (tertiary/aromatic N) is 4. The number of benzene rings is 1. The standard InChI is InChI=1S/C20H24F2N4O2/c1-24-20(28)26(15-4-2-3-5-15)18(23-24)13-8-10-25(11-9-13)19(27)14-6-7-16(21)17(22)12-14/h6-7,12-13,15H,2-5,8-11H2,1H3. The van der Waals surface area contributed by atoms with Crippen molar-refractivity contribution in [2.75, 3.05) is 13.1 Å². The topological polar surface area (TPSA) is 60.1 Å². The molecule has 1 saturated carbocycles. The minimum Gasteiger partial charge on any atom is -0.339 e. The van der Waals surface area contributed by atoms with E-state index in [1.165, 1.54) is 10.7 Å². The van der Waals surface area contributed by atoms with Gasteiger partial charge >= 0.3 is 5.69 Å². The zero-order valence-electron chi connectivity index (χ0n) is 15.9.